The lowest BCUT2D eigenvalue weighted by Crippen LogP contribution is -2.43. The smallest absolute Gasteiger partial charge is 0.225 e. The van der Waals surface area contributed by atoms with Crippen LogP contribution in [0.3, 0.4) is 0 Å². The molecule has 1 aliphatic heterocycles. The number of nitrogens with one attached hydrogen (secondary N) is 1. The zero-order valence-electron chi connectivity index (χ0n) is 16.9. The van der Waals surface area contributed by atoms with Crippen LogP contribution in [-0.4, -0.2) is 33.6 Å². The van der Waals surface area contributed by atoms with Gasteiger partial charge in [-0.25, -0.2) is 13.9 Å². The van der Waals surface area contributed by atoms with Crippen LogP contribution in [-0.2, 0) is 11.3 Å². The molecule has 2 aromatic carbocycles. The Kier molecular flexibility index (Phi) is 5.38. The summed E-state index contributed by atoms with van der Waals surface area (Å²) in [6.45, 7) is 2.08. The number of carbonyl (C=O) groups excluding carboxylic acids is 1. The number of fused-ring (bicyclic) bond motifs is 1. The van der Waals surface area contributed by atoms with E-state index in [4.69, 9.17) is 0 Å². The lowest BCUT2D eigenvalue weighted by molar-refractivity contribution is -0.125. The van der Waals surface area contributed by atoms with Gasteiger partial charge in [0.05, 0.1) is 17.8 Å². The third-order valence-corrected chi connectivity index (χ3v) is 6.53. The number of halogens is 1. The Morgan fingerprint density at radius 3 is 2.74 bits per heavy atom. The first-order chi connectivity index (χ1) is 15.2. The van der Waals surface area contributed by atoms with E-state index in [2.05, 4.69) is 20.3 Å². The third kappa shape index (κ3) is 4.29. The van der Waals surface area contributed by atoms with Crippen molar-refractivity contribution < 1.29 is 9.18 Å². The molecule has 4 aromatic rings. The first-order valence-corrected chi connectivity index (χ1v) is 11.2. The lowest BCUT2D eigenvalue weighted by atomic mass is 9.97. The molecular formula is C23H22FN5OS. The van der Waals surface area contributed by atoms with E-state index in [0.29, 0.717) is 13.1 Å². The van der Waals surface area contributed by atoms with Crippen molar-refractivity contribution in [2.45, 2.75) is 19.4 Å². The van der Waals surface area contributed by atoms with Gasteiger partial charge in [-0.1, -0.05) is 41.7 Å². The largest absolute Gasteiger partial charge is 0.352 e. The molecule has 3 heterocycles. The number of nitrogens with zero attached hydrogens (tertiary/aromatic N) is 4. The van der Waals surface area contributed by atoms with Crippen molar-refractivity contribution in [3.05, 3.63) is 72.2 Å². The fourth-order valence-corrected chi connectivity index (χ4v) is 4.79. The van der Waals surface area contributed by atoms with Crippen LogP contribution in [0.5, 0.6) is 0 Å². The summed E-state index contributed by atoms with van der Waals surface area (Å²) in [6, 6.07) is 16.2. The Labute approximate surface area is 183 Å². The van der Waals surface area contributed by atoms with Gasteiger partial charge in [-0.15, -0.1) is 5.10 Å². The van der Waals surface area contributed by atoms with Gasteiger partial charge >= 0.3 is 0 Å². The molecular weight excluding hydrogens is 413 g/mol. The minimum Gasteiger partial charge on any atom is -0.352 e. The number of imidazole rings is 1. The van der Waals surface area contributed by atoms with Gasteiger partial charge in [0.2, 0.25) is 16.0 Å². The highest BCUT2D eigenvalue weighted by atomic mass is 32.1. The van der Waals surface area contributed by atoms with Gasteiger partial charge in [-0.3, -0.25) is 4.79 Å². The predicted octanol–water partition coefficient (Wildman–Crippen LogP) is 4.13. The number of piperidine rings is 1. The average Bonchev–Trinajstić information content (AvgIpc) is 3.38. The normalized spacial score (nSPS) is 16.5. The average molecular weight is 436 g/mol. The summed E-state index contributed by atoms with van der Waals surface area (Å²) in [5, 5.41) is 8.61. The zero-order valence-corrected chi connectivity index (χ0v) is 17.7. The molecule has 1 atom stereocenters. The topological polar surface area (TPSA) is 62.5 Å². The summed E-state index contributed by atoms with van der Waals surface area (Å²) in [4.78, 5) is 20.3. The van der Waals surface area contributed by atoms with Crippen molar-refractivity contribution in [3.8, 4) is 11.3 Å². The molecule has 6 nitrogen and oxygen atoms in total. The van der Waals surface area contributed by atoms with E-state index in [9.17, 15) is 9.18 Å². The summed E-state index contributed by atoms with van der Waals surface area (Å²) in [7, 11) is 0. The maximum Gasteiger partial charge on any atom is 0.225 e. The highest BCUT2D eigenvalue weighted by molar-refractivity contribution is 7.20. The molecule has 0 unspecified atom stereocenters. The maximum absolute atomic E-state index is 13.2. The predicted molar refractivity (Wildman–Crippen MR) is 119 cm³/mol. The minimum atomic E-state index is -0.266. The van der Waals surface area contributed by atoms with Crippen LogP contribution in [0.4, 0.5) is 9.52 Å². The molecule has 158 valence electrons. The van der Waals surface area contributed by atoms with Crippen molar-refractivity contribution in [1.29, 1.82) is 0 Å². The van der Waals surface area contributed by atoms with Crippen LogP contribution < -0.4 is 10.2 Å². The van der Waals surface area contributed by atoms with Crippen molar-refractivity contribution >= 4 is 27.3 Å². The van der Waals surface area contributed by atoms with Crippen LogP contribution in [0.25, 0.3) is 16.2 Å². The van der Waals surface area contributed by atoms with Crippen LogP contribution >= 0.6 is 11.3 Å². The molecule has 0 spiro atoms. The zero-order chi connectivity index (χ0) is 21.2. The number of anilines is 1. The number of rotatable bonds is 5. The van der Waals surface area contributed by atoms with Crippen molar-refractivity contribution in [1.82, 2.24) is 19.9 Å². The van der Waals surface area contributed by atoms with E-state index < -0.39 is 0 Å². The van der Waals surface area contributed by atoms with Gasteiger partial charge in [0, 0.05) is 25.2 Å². The van der Waals surface area contributed by atoms with Gasteiger partial charge in [-0.05, 0) is 42.7 Å². The Balaban J connectivity index is 1.25. The molecule has 1 fully saturated rings. The highest BCUT2D eigenvalue weighted by Crippen LogP contribution is 2.30. The first-order valence-electron chi connectivity index (χ1n) is 10.3. The lowest BCUT2D eigenvalue weighted by Gasteiger charge is -2.31. The molecule has 31 heavy (non-hydrogen) atoms. The summed E-state index contributed by atoms with van der Waals surface area (Å²) in [5.74, 6) is -0.227. The molecule has 0 saturated carbocycles. The molecule has 1 aliphatic rings. The minimum absolute atomic E-state index is 0.0524. The number of benzene rings is 2. The van der Waals surface area contributed by atoms with Crippen LogP contribution in [0, 0.1) is 11.7 Å². The summed E-state index contributed by atoms with van der Waals surface area (Å²) >= 11 is 1.51. The first kappa shape index (κ1) is 19.7. The second-order valence-electron chi connectivity index (χ2n) is 7.73. The van der Waals surface area contributed by atoms with Gasteiger partial charge in [0.1, 0.15) is 5.82 Å². The van der Waals surface area contributed by atoms with Crippen LogP contribution in [0.15, 0.2) is 60.8 Å². The Morgan fingerprint density at radius 2 is 1.97 bits per heavy atom. The highest BCUT2D eigenvalue weighted by Gasteiger charge is 2.27. The van der Waals surface area contributed by atoms with Gasteiger partial charge in [-0.2, -0.15) is 0 Å². The van der Waals surface area contributed by atoms with E-state index in [1.165, 1.54) is 23.5 Å². The van der Waals surface area contributed by atoms with E-state index >= 15 is 0 Å². The van der Waals surface area contributed by atoms with Crippen LogP contribution in [0.1, 0.15) is 18.4 Å². The number of hydrogen-bond acceptors (Lipinski definition) is 5. The Hall–Kier alpha value is -3.26. The second kappa shape index (κ2) is 8.47. The van der Waals surface area contributed by atoms with E-state index in [1.54, 1.807) is 16.6 Å². The standard InChI is InChI=1S/C23H22FN5OS/c24-19-10-8-17(9-11-19)20-15-29-22(26-20)31-23(27-29)28-12-4-7-18(14-28)21(30)25-13-16-5-2-1-3-6-16/h1-3,5-6,8-11,15,18H,4,7,12-14H2,(H,25,30)/t18-/m0/s1. The second-order valence-corrected chi connectivity index (χ2v) is 8.67. The quantitative estimate of drug-likeness (QED) is 0.512. The SMILES string of the molecule is O=C(NCc1ccccc1)[C@H]1CCCN(c2nn3cc(-c4ccc(F)cc4)nc3s2)C1. The van der Waals surface area contributed by atoms with Gasteiger partial charge in [0.25, 0.3) is 0 Å². The number of hydrogen-bond donors (Lipinski definition) is 1. The number of aromatic nitrogens is 3. The molecule has 1 saturated heterocycles. The van der Waals surface area contributed by atoms with Crippen LogP contribution in [0.2, 0.25) is 0 Å². The molecule has 0 aliphatic carbocycles. The number of amides is 1. The molecule has 5 rings (SSSR count). The molecule has 1 N–H and O–H groups in total. The Morgan fingerprint density at radius 1 is 1.16 bits per heavy atom. The maximum atomic E-state index is 13.2. The summed E-state index contributed by atoms with van der Waals surface area (Å²) < 4.78 is 14.9. The molecule has 0 radical (unpaired) electrons. The fraction of sp³-hybridized carbons (Fsp3) is 0.261. The van der Waals surface area contributed by atoms with Gasteiger partial charge < -0.3 is 10.2 Å². The van der Waals surface area contributed by atoms with Crippen molar-refractivity contribution in [3.63, 3.8) is 0 Å². The summed E-state index contributed by atoms with van der Waals surface area (Å²) in [6.07, 6.45) is 3.69. The van der Waals surface area contributed by atoms with E-state index in [1.807, 2.05) is 36.5 Å². The molecule has 8 heteroatoms. The monoisotopic (exact) mass is 435 g/mol. The van der Waals surface area contributed by atoms with Crippen molar-refractivity contribution in [2.24, 2.45) is 5.92 Å². The van der Waals surface area contributed by atoms with Gasteiger partial charge in [0.15, 0.2) is 0 Å². The Bertz CT molecular complexity index is 1160. The summed E-state index contributed by atoms with van der Waals surface area (Å²) in [5.41, 5.74) is 2.72. The van der Waals surface area contributed by atoms with E-state index in [0.717, 1.165) is 46.3 Å². The molecule has 1 amide bonds. The van der Waals surface area contributed by atoms with Crippen molar-refractivity contribution in [2.75, 3.05) is 18.0 Å². The fourth-order valence-electron chi connectivity index (χ4n) is 3.87. The number of carbonyl (C=O) groups is 1. The third-order valence-electron chi connectivity index (χ3n) is 5.54. The molecule has 0 bridgehead atoms. The molecule has 2 aromatic heterocycles. The van der Waals surface area contributed by atoms with E-state index in [-0.39, 0.29) is 17.6 Å².